The first-order valence-electron chi connectivity index (χ1n) is 9.99. The number of aryl methyl sites for hydroxylation is 1. The molecule has 0 aromatic heterocycles. The van der Waals surface area contributed by atoms with Crippen LogP contribution in [0.25, 0.3) is 0 Å². The second-order valence-electron chi connectivity index (χ2n) is 7.46. The molecule has 0 bridgehead atoms. The Morgan fingerprint density at radius 3 is 2.20 bits per heavy atom. The molecule has 0 unspecified atom stereocenters. The van der Waals surface area contributed by atoms with Crippen LogP contribution in [-0.4, -0.2) is 20.9 Å². The minimum absolute atomic E-state index is 0.0763. The fourth-order valence-corrected chi connectivity index (χ4v) is 5.02. The zero-order chi connectivity index (χ0) is 21.1. The van der Waals surface area contributed by atoms with Gasteiger partial charge in [-0.1, -0.05) is 54.6 Å². The van der Waals surface area contributed by atoms with E-state index in [1.807, 2.05) is 61.5 Å². The van der Waals surface area contributed by atoms with Crippen LogP contribution in [-0.2, 0) is 14.8 Å². The average Bonchev–Trinajstić information content (AvgIpc) is 3.19. The molecule has 0 aliphatic carbocycles. The molecule has 5 nitrogen and oxygen atoms in total. The lowest BCUT2D eigenvalue weighted by atomic mass is 9.96. The molecule has 0 radical (unpaired) electrons. The van der Waals surface area contributed by atoms with E-state index in [4.69, 9.17) is 0 Å². The zero-order valence-corrected chi connectivity index (χ0v) is 17.6. The maximum atomic E-state index is 13.2. The summed E-state index contributed by atoms with van der Waals surface area (Å²) in [6, 6.07) is 23.3. The summed E-state index contributed by atoms with van der Waals surface area (Å²) in [5.41, 5.74) is 3.52. The van der Waals surface area contributed by atoms with Crippen LogP contribution in [0.5, 0.6) is 0 Å². The van der Waals surface area contributed by atoms with Crippen LogP contribution in [0.15, 0.2) is 83.8 Å². The first-order valence-corrected chi connectivity index (χ1v) is 11.5. The number of rotatable bonds is 6. The van der Waals surface area contributed by atoms with Crippen molar-refractivity contribution in [1.82, 2.24) is 4.72 Å². The van der Waals surface area contributed by atoms with Gasteiger partial charge in [-0.05, 0) is 54.3 Å². The summed E-state index contributed by atoms with van der Waals surface area (Å²) in [6.45, 7) is 2.65. The van der Waals surface area contributed by atoms with Gasteiger partial charge in [-0.2, -0.15) is 4.72 Å². The first kappa shape index (κ1) is 20.3. The van der Waals surface area contributed by atoms with Crippen molar-refractivity contribution in [2.75, 3.05) is 11.4 Å². The number of nitrogens with one attached hydrogen (secondary N) is 1. The van der Waals surface area contributed by atoms with Gasteiger partial charge in [0.15, 0.2) is 0 Å². The van der Waals surface area contributed by atoms with Crippen molar-refractivity contribution < 1.29 is 13.2 Å². The number of benzene rings is 3. The summed E-state index contributed by atoms with van der Waals surface area (Å²) in [4.78, 5) is 13.8. The molecule has 1 saturated heterocycles. The smallest absolute Gasteiger partial charge is 0.241 e. The van der Waals surface area contributed by atoms with E-state index in [1.165, 1.54) is 0 Å². The Hall–Kier alpha value is -2.96. The van der Waals surface area contributed by atoms with Gasteiger partial charge < -0.3 is 4.90 Å². The standard InChI is InChI=1S/C24H24N2O3S/c1-18-8-5-6-11-22(18)24(19-9-3-2-4-10-19)25-30(28,29)21-15-13-20(14-16-21)26-17-7-12-23(26)27/h2-6,8-11,13-16,24-25H,7,12,17H2,1H3/t24-/m0/s1. The van der Waals surface area contributed by atoms with Crippen molar-refractivity contribution in [1.29, 1.82) is 0 Å². The van der Waals surface area contributed by atoms with Gasteiger partial charge in [-0.25, -0.2) is 8.42 Å². The molecule has 6 heteroatoms. The number of nitrogens with zero attached hydrogens (tertiary/aromatic N) is 1. The number of sulfonamides is 1. The lowest BCUT2D eigenvalue weighted by molar-refractivity contribution is -0.117. The van der Waals surface area contributed by atoms with E-state index in [1.54, 1.807) is 29.2 Å². The van der Waals surface area contributed by atoms with Crippen LogP contribution in [0.3, 0.4) is 0 Å². The number of hydrogen-bond donors (Lipinski definition) is 1. The molecule has 0 spiro atoms. The van der Waals surface area contributed by atoms with Gasteiger partial charge in [-0.15, -0.1) is 0 Å². The molecule has 1 atom stereocenters. The van der Waals surface area contributed by atoms with Crippen molar-refractivity contribution >= 4 is 21.6 Å². The molecule has 30 heavy (non-hydrogen) atoms. The average molecular weight is 421 g/mol. The van der Waals surface area contributed by atoms with Crippen LogP contribution in [0.2, 0.25) is 0 Å². The van der Waals surface area contributed by atoms with Crippen LogP contribution < -0.4 is 9.62 Å². The van der Waals surface area contributed by atoms with E-state index in [-0.39, 0.29) is 10.8 Å². The SMILES string of the molecule is Cc1ccccc1[C@@H](NS(=O)(=O)c1ccc(N2CCCC2=O)cc1)c1ccccc1. The lowest BCUT2D eigenvalue weighted by Crippen LogP contribution is -2.30. The Labute approximate surface area is 177 Å². The van der Waals surface area contributed by atoms with Gasteiger partial charge in [0.05, 0.1) is 10.9 Å². The number of carbonyl (C=O) groups excluding carboxylic acids is 1. The highest BCUT2D eigenvalue weighted by molar-refractivity contribution is 7.89. The van der Waals surface area contributed by atoms with E-state index < -0.39 is 16.1 Å². The number of anilines is 1. The fraction of sp³-hybridized carbons (Fsp3) is 0.208. The third kappa shape index (κ3) is 4.15. The van der Waals surface area contributed by atoms with Gasteiger partial charge in [0.1, 0.15) is 0 Å². The summed E-state index contributed by atoms with van der Waals surface area (Å²) in [7, 11) is -3.78. The highest BCUT2D eigenvalue weighted by Gasteiger charge is 2.25. The number of carbonyl (C=O) groups is 1. The number of amides is 1. The Morgan fingerprint density at radius 2 is 1.57 bits per heavy atom. The van der Waals surface area contributed by atoms with E-state index in [2.05, 4.69) is 4.72 Å². The second kappa shape index (κ2) is 8.42. The molecule has 1 amide bonds. The van der Waals surface area contributed by atoms with Gasteiger partial charge in [0.25, 0.3) is 0 Å². The minimum atomic E-state index is -3.78. The van der Waals surface area contributed by atoms with E-state index in [0.29, 0.717) is 13.0 Å². The Kier molecular flexibility index (Phi) is 5.70. The van der Waals surface area contributed by atoms with Crippen molar-refractivity contribution in [3.8, 4) is 0 Å². The molecule has 0 saturated carbocycles. The van der Waals surface area contributed by atoms with Gasteiger partial charge >= 0.3 is 0 Å². The van der Waals surface area contributed by atoms with Crippen molar-refractivity contribution in [3.63, 3.8) is 0 Å². The molecule has 3 aromatic rings. The van der Waals surface area contributed by atoms with Crippen molar-refractivity contribution in [2.24, 2.45) is 0 Å². The third-order valence-corrected chi connectivity index (χ3v) is 6.88. The summed E-state index contributed by atoms with van der Waals surface area (Å²) in [5.74, 6) is 0.0763. The Balaban J connectivity index is 1.65. The van der Waals surface area contributed by atoms with Gasteiger partial charge in [0, 0.05) is 18.7 Å². The van der Waals surface area contributed by atoms with Crippen LogP contribution in [0.4, 0.5) is 5.69 Å². The Morgan fingerprint density at radius 1 is 0.900 bits per heavy atom. The largest absolute Gasteiger partial charge is 0.312 e. The van der Waals surface area contributed by atoms with Gasteiger partial charge in [0.2, 0.25) is 15.9 Å². The van der Waals surface area contributed by atoms with Crippen molar-refractivity contribution in [2.45, 2.75) is 30.7 Å². The first-order chi connectivity index (χ1) is 14.5. The lowest BCUT2D eigenvalue weighted by Gasteiger charge is -2.22. The van der Waals surface area contributed by atoms with Crippen LogP contribution in [0.1, 0.15) is 35.6 Å². The molecule has 3 aromatic carbocycles. The maximum Gasteiger partial charge on any atom is 0.241 e. The predicted molar refractivity (Wildman–Crippen MR) is 118 cm³/mol. The maximum absolute atomic E-state index is 13.2. The molecular weight excluding hydrogens is 396 g/mol. The quantitative estimate of drug-likeness (QED) is 0.650. The van der Waals surface area contributed by atoms with Crippen LogP contribution in [0, 0.1) is 6.92 Å². The topological polar surface area (TPSA) is 66.5 Å². The monoisotopic (exact) mass is 420 g/mol. The zero-order valence-electron chi connectivity index (χ0n) is 16.8. The normalized spacial score (nSPS) is 15.4. The van der Waals surface area contributed by atoms with Gasteiger partial charge in [-0.3, -0.25) is 4.79 Å². The van der Waals surface area contributed by atoms with Crippen LogP contribution >= 0.6 is 0 Å². The summed E-state index contributed by atoms with van der Waals surface area (Å²) in [5, 5.41) is 0. The minimum Gasteiger partial charge on any atom is -0.312 e. The highest BCUT2D eigenvalue weighted by Crippen LogP contribution is 2.28. The third-order valence-electron chi connectivity index (χ3n) is 5.44. The summed E-state index contributed by atoms with van der Waals surface area (Å²) >= 11 is 0. The molecule has 4 rings (SSSR count). The van der Waals surface area contributed by atoms with E-state index >= 15 is 0 Å². The number of hydrogen-bond acceptors (Lipinski definition) is 3. The molecule has 1 aliphatic heterocycles. The molecule has 1 heterocycles. The second-order valence-corrected chi connectivity index (χ2v) is 9.18. The fourth-order valence-electron chi connectivity index (χ4n) is 3.82. The molecule has 154 valence electrons. The predicted octanol–water partition coefficient (Wildman–Crippen LogP) is 4.19. The van der Waals surface area contributed by atoms with Crippen molar-refractivity contribution in [3.05, 3.63) is 95.6 Å². The summed E-state index contributed by atoms with van der Waals surface area (Å²) in [6.07, 6.45) is 1.37. The molecular formula is C24H24N2O3S. The van der Waals surface area contributed by atoms with E-state index in [9.17, 15) is 13.2 Å². The molecule has 1 aliphatic rings. The highest BCUT2D eigenvalue weighted by atomic mass is 32.2. The van der Waals surface area contributed by atoms with E-state index in [0.717, 1.165) is 28.8 Å². The Bertz CT molecular complexity index is 1140. The molecule has 1 fully saturated rings. The summed E-state index contributed by atoms with van der Waals surface area (Å²) < 4.78 is 29.3. The molecule has 1 N–H and O–H groups in total.